The van der Waals surface area contributed by atoms with Gasteiger partial charge in [-0.05, 0) is 6.42 Å². The fourth-order valence-electron chi connectivity index (χ4n) is 1.33. The van der Waals surface area contributed by atoms with Gasteiger partial charge in [0.05, 0.1) is 6.61 Å². The van der Waals surface area contributed by atoms with Gasteiger partial charge in [0.15, 0.2) is 0 Å². The predicted octanol–water partition coefficient (Wildman–Crippen LogP) is 0.814. The number of amides is 1. The third kappa shape index (κ3) is 3.94. The van der Waals surface area contributed by atoms with Crippen LogP contribution in [0, 0.1) is 0 Å². The van der Waals surface area contributed by atoms with Gasteiger partial charge in [-0.15, -0.1) is 10.2 Å². The van der Waals surface area contributed by atoms with Gasteiger partial charge >= 0.3 is 0 Å². The Labute approximate surface area is 105 Å². The molecule has 0 saturated heterocycles. The van der Waals surface area contributed by atoms with Crippen LogP contribution in [-0.2, 0) is 0 Å². The molecule has 7 heteroatoms. The van der Waals surface area contributed by atoms with Crippen LogP contribution in [0.4, 0.5) is 5.13 Å². The molecule has 1 rings (SSSR count). The predicted molar refractivity (Wildman–Crippen MR) is 67.4 cm³/mol. The van der Waals surface area contributed by atoms with E-state index in [0.717, 1.165) is 12.8 Å². The number of nitrogens with one attached hydrogen (secondary N) is 1. The maximum Gasteiger partial charge on any atom is 0.284 e. The first-order valence-corrected chi connectivity index (χ1v) is 6.46. The molecule has 2 N–H and O–H groups in total. The molecule has 0 bridgehead atoms. The van der Waals surface area contributed by atoms with E-state index in [9.17, 15) is 4.79 Å². The minimum atomic E-state index is -0.161. The Morgan fingerprint density at radius 3 is 2.76 bits per heavy atom. The Kier molecular flexibility index (Phi) is 5.85. The Hall–Kier alpha value is -1.21. The summed E-state index contributed by atoms with van der Waals surface area (Å²) in [5, 5.41) is 20.4. The van der Waals surface area contributed by atoms with Gasteiger partial charge in [0, 0.05) is 20.1 Å². The molecule has 6 nitrogen and oxygen atoms in total. The molecule has 0 radical (unpaired) electrons. The maximum atomic E-state index is 12.1. The largest absolute Gasteiger partial charge is 0.395 e. The summed E-state index contributed by atoms with van der Waals surface area (Å²) in [4.78, 5) is 13.7. The quantitative estimate of drug-likeness (QED) is 0.757. The van der Waals surface area contributed by atoms with Crippen LogP contribution >= 0.6 is 11.3 Å². The molecule has 0 aromatic carbocycles. The Morgan fingerprint density at radius 1 is 1.47 bits per heavy atom. The lowest BCUT2D eigenvalue weighted by Crippen LogP contribution is -2.34. The number of unbranched alkanes of at least 4 members (excludes halogenated alkanes) is 1. The fourth-order valence-corrected chi connectivity index (χ4v) is 2.00. The minimum absolute atomic E-state index is 0.0346. The van der Waals surface area contributed by atoms with E-state index < -0.39 is 0 Å². The Bertz CT molecular complexity index is 356. The molecule has 17 heavy (non-hydrogen) atoms. The lowest BCUT2D eigenvalue weighted by atomic mass is 10.3. The second-order valence-corrected chi connectivity index (χ2v) is 4.51. The van der Waals surface area contributed by atoms with E-state index in [-0.39, 0.29) is 12.5 Å². The average Bonchev–Trinajstić information content (AvgIpc) is 2.82. The van der Waals surface area contributed by atoms with Crippen LogP contribution in [0.3, 0.4) is 0 Å². The first kappa shape index (κ1) is 13.9. The van der Waals surface area contributed by atoms with Crippen LogP contribution in [-0.4, -0.2) is 52.9 Å². The average molecular weight is 258 g/mol. The number of anilines is 1. The van der Waals surface area contributed by atoms with Crippen molar-refractivity contribution in [2.24, 2.45) is 0 Å². The highest BCUT2D eigenvalue weighted by Gasteiger charge is 2.19. The number of hydrogen-bond donors (Lipinski definition) is 2. The van der Waals surface area contributed by atoms with Crippen molar-refractivity contribution < 1.29 is 9.90 Å². The van der Waals surface area contributed by atoms with Crippen LogP contribution in [0.5, 0.6) is 0 Å². The van der Waals surface area contributed by atoms with Gasteiger partial charge in [-0.25, -0.2) is 0 Å². The van der Waals surface area contributed by atoms with Crippen molar-refractivity contribution in [1.82, 2.24) is 15.1 Å². The second-order valence-electron chi connectivity index (χ2n) is 3.53. The summed E-state index contributed by atoms with van der Waals surface area (Å²) in [6.07, 6.45) is 1.93. The zero-order valence-electron chi connectivity index (χ0n) is 10.1. The number of carbonyl (C=O) groups is 1. The molecule has 1 aromatic heterocycles. The second kappa shape index (κ2) is 7.18. The molecule has 0 spiro atoms. The lowest BCUT2D eigenvalue weighted by molar-refractivity contribution is 0.0718. The van der Waals surface area contributed by atoms with E-state index in [1.165, 1.54) is 11.3 Å². The van der Waals surface area contributed by atoms with Crippen LogP contribution < -0.4 is 5.32 Å². The summed E-state index contributed by atoms with van der Waals surface area (Å²) < 4.78 is 0. The van der Waals surface area contributed by atoms with Gasteiger partial charge in [0.1, 0.15) is 0 Å². The monoisotopic (exact) mass is 258 g/mol. The van der Waals surface area contributed by atoms with Gasteiger partial charge in [-0.1, -0.05) is 24.7 Å². The zero-order chi connectivity index (χ0) is 12.7. The smallest absolute Gasteiger partial charge is 0.284 e. The molecule has 0 aliphatic rings. The van der Waals surface area contributed by atoms with Crippen molar-refractivity contribution >= 4 is 22.4 Å². The van der Waals surface area contributed by atoms with Gasteiger partial charge in [0.25, 0.3) is 5.91 Å². The fraction of sp³-hybridized carbons (Fsp3) is 0.700. The van der Waals surface area contributed by atoms with Crippen LogP contribution in [0.1, 0.15) is 29.6 Å². The van der Waals surface area contributed by atoms with Crippen molar-refractivity contribution in [3.63, 3.8) is 0 Å². The van der Waals surface area contributed by atoms with E-state index in [4.69, 9.17) is 5.11 Å². The summed E-state index contributed by atoms with van der Waals surface area (Å²) in [6.45, 7) is 3.01. The molecule has 1 amide bonds. The number of aromatic nitrogens is 2. The molecule has 0 aliphatic heterocycles. The SMILES string of the molecule is CCCCN(CCO)C(=O)c1nnc(NC)s1. The minimum Gasteiger partial charge on any atom is -0.395 e. The molecule has 0 unspecified atom stereocenters. The van der Waals surface area contributed by atoms with E-state index in [1.807, 2.05) is 0 Å². The van der Waals surface area contributed by atoms with Crippen molar-refractivity contribution in [3.05, 3.63) is 5.01 Å². The van der Waals surface area contributed by atoms with Crippen LogP contribution in [0.25, 0.3) is 0 Å². The maximum absolute atomic E-state index is 12.1. The molecule has 0 saturated carbocycles. The van der Waals surface area contributed by atoms with Crippen LogP contribution in [0.15, 0.2) is 0 Å². The molecule has 1 heterocycles. The number of carbonyl (C=O) groups excluding carboxylic acids is 1. The normalized spacial score (nSPS) is 10.3. The van der Waals surface area contributed by atoms with Gasteiger partial charge in [-0.2, -0.15) is 0 Å². The molecule has 96 valence electrons. The first-order chi connectivity index (χ1) is 8.22. The van der Waals surface area contributed by atoms with E-state index >= 15 is 0 Å². The van der Waals surface area contributed by atoms with Crippen LogP contribution in [0.2, 0.25) is 0 Å². The van der Waals surface area contributed by atoms with Gasteiger partial charge in [0.2, 0.25) is 10.1 Å². The third-order valence-electron chi connectivity index (χ3n) is 2.26. The molecular weight excluding hydrogens is 240 g/mol. The summed E-state index contributed by atoms with van der Waals surface area (Å²) >= 11 is 1.22. The summed E-state index contributed by atoms with van der Waals surface area (Å²) in [5.74, 6) is -0.161. The highest BCUT2D eigenvalue weighted by Crippen LogP contribution is 2.16. The summed E-state index contributed by atoms with van der Waals surface area (Å²) in [7, 11) is 1.73. The summed E-state index contributed by atoms with van der Waals surface area (Å²) in [5.41, 5.74) is 0. The van der Waals surface area contributed by atoms with Gasteiger partial charge in [-0.3, -0.25) is 4.79 Å². The molecule has 0 fully saturated rings. The molecule has 0 atom stereocenters. The zero-order valence-corrected chi connectivity index (χ0v) is 11.0. The van der Waals surface area contributed by atoms with E-state index in [2.05, 4.69) is 22.4 Å². The molecular formula is C10H18N4O2S. The third-order valence-corrected chi connectivity index (χ3v) is 3.19. The van der Waals surface area contributed by atoms with Crippen molar-refractivity contribution in [2.75, 3.05) is 32.1 Å². The topological polar surface area (TPSA) is 78.3 Å². The number of rotatable bonds is 7. The Balaban J connectivity index is 2.68. The number of aliphatic hydroxyl groups is 1. The molecule has 0 aliphatic carbocycles. The van der Waals surface area contributed by atoms with Crippen molar-refractivity contribution in [3.8, 4) is 0 Å². The lowest BCUT2D eigenvalue weighted by Gasteiger charge is -2.19. The number of aliphatic hydroxyl groups excluding tert-OH is 1. The molecule has 1 aromatic rings. The standard InChI is InChI=1S/C10H18N4O2S/c1-3-4-5-14(6-7-15)9(16)8-12-13-10(11-2)17-8/h15H,3-7H2,1-2H3,(H,11,13). The number of nitrogens with zero attached hydrogens (tertiary/aromatic N) is 3. The summed E-state index contributed by atoms with van der Waals surface area (Å²) in [6, 6.07) is 0. The highest BCUT2D eigenvalue weighted by molar-refractivity contribution is 7.17. The van der Waals surface area contributed by atoms with E-state index in [1.54, 1.807) is 11.9 Å². The number of hydrogen-bond acceptors (Lipinski definition) is 6. The first-order valence-electron chi connectivity index (χ1n) is 5.64. The van der Waals surface area contributed by atoms with E-state index in [0.29, 0.717) is 23.2 Å². The van der Waals surface area contributed by atoms with Crippen molar-refractivity contribution in [2.45, 2.75) is 19.8 Å². The Morgan fingerprint density at radius 2 is 2.24 bits per heavy atom. The highest BCUT2D eigenvalue weighted by atomic mass is 32.1. The van der Waals surface area contributed by atoms with Gasteiger partial charge < -0.3 is 15.3 Å². The van der Waals surface area contributed by atoms with Crippen molar-refractivity contribution in [1.29, 1.82) is 0 Å².